The number of carbonyl (C=O) groups excluding carboxylic acids is 1. The molecule has 0 atom stereocenters. The number of hydrogen-bond donors (Lipinski definition) is 1. The summed E-state index contributed by atoms with van der Waals surface area (Å²) in [5.74, 6) is 1.82. The molecule has 3 aliphatic rings. The Morgan fingerprint density at radius 3 is 2.55 bits per heavy atom. The fraction of sp³-hybridized carbons (Fsp3) is 0.550. The van der Waals surface area contributed by atoms with Gasteiger partial charge in [0.05, 0.1) is 31.6 Å². The Bertz CT molecular complexity index is 987. The van der Waals surface area contributed by atoms with Crippen molar-refractivity contribution >= 4 is 23.8 Å². The van der Waals surface area contributed by atoms with Gasteiger partial charge in [0.25, 0.3) is 0 Å². The summed E-state index contributed by atoms with van der Waals surface area (Å²) in [7, 11) is 1.41. The molecule has 0 radical (unpaired) electrons. The van der Waals surface area contributed by atoms with Gasteiger partial charge in [0.2, 0.25) is 11.9 Å². The molecule has 2 saturated heterocycles. The second-order valence-electron chi connectivity index (χ2n) is 8.33. The second kappa shape index (κ2) is 7.49. The van der Waals surface area contributed by atoms with Crippen molar-refractivity contribution in [3.8, 4) is 11.3 Å². The molecule has 0 bridgehead atoms. The minimum atomic E-state index is -0.298. The zero-order chi connectivity index (χ0) is 21.6. The van der Waals surface area contributed by atoms with Gasteiger partial charge in [-0.05, 0) is 13.3 Å². The van der Waals surface area contributed by atoms with Crippen LogP contribution in [-0.2, 0) is 15.9 Å². The number of carbonyl (C=O) groups is 1. The Balaban J connectivity index is 1.54. The van der Waals surface area contributed by atoms with Gasteiger partial charge in [-0.2, -0.15) is 4.98 Å². The van der Waals surface area contributed by atoms with Crippen molar-refractivity contribution in [1.29, 1.82) is 0 Å². The van der Waals surface area contributed by atoms with Crippen LogP contribution in [0.2, 0.25) is 0 Å². The van der Waals surface area contributed by atoms with Gasteiger partial charge in [0.15, 0.2) is 0 Å². The molecular formula is C20H26N8O3. The Morgan fingerprint density at radius 2 is 1.87 bits per heavy atom. The molecule has 0 aromatic carbocycles. The first-order valence-electron chi connectivity index (χ1n) is 10.4. The monoisotopic (exact) mass is 426 g/mol. The summed E-state index contributed by atoms with van der Waals surface area (Å²) in [4.78, 5) is 36.3. The number of likely N-dealkylation sites (tertiary alicyclic amines) is 1. The zero-order valence-corrected chi connectivity index (χ0v) is 17.7. The summed E-state index contributed by atoms with van der Waals surface area (Å²) >= 11 is 0. The van der Waals surface area contributed by atoms with Crippen LogP contribution < -0.4 is 15.5 Å². The van der Waals surface area contributed by atoms with E-state index >= 15 is 0 Å². The number of hydrogen-bond acceptors (Lipinski definition) is 10. The van der Waals surface area contributed by atoms with E-state index in [4.69, 9.17) is 25.2 Å². The summed E-state index contributed by atoms with van der Waals surface area (Å²) < 4.78 is 10.4. The molecule has 11 heteroatoms. The number of nitrogen functional groups attached to an aromatic ring is 1. The SMILES string of the molecule is COC(=O)N1CC(C)(N2CCc3c(-c4cnc(N)nc4)nc(N4CCOCC4)nc32)C1. The molecule has 0 unspecified atom stereocenters. The third-order valence-corrected chi connectivity index (χ3v) is 6.20. The van der Waals surface area contributed by atoms with Gasteiger partial charge in [-0.15, -0.1) is 0 Å². The number of methoxy groups -OCH3 is 1. The molecule has 1 amide bonds. The maximum Gasteiger partial charge on any atom is 0.409 e. The van der Waals surface area contributed by atoms with Crippen LogP contribution in [0.15, 0.2) is 12.4 Å². The molecule has 5 heterocycles. The summed E-state index contributed by atoms with van der Waals surface area (Å²) in [6.45, 7) is 6.93. The predicted octanol–water partition coefficient (Wildman–Crippen LogP) is 0.556. The Hall–Kier alpha value is -3.21. The van der Waals surface area contributed by atoms with E-state index in [-0.39, 0.29) is 17.6 Å². The van der Waals surface area contributed by atoms with E-state index in [9.17, 15) is 4.79 Å². The first-order chi connectivity index (χ1) is 15.0. The van der Waals surface area contributed by atoms with Crippen LogP contribution in [0.25, 0.3) is 11.3 Å². The highest BCUT2D eigenvalue weighted by atomic mass is 16.5. The van der Waals surface area contributed by atoms with Crippen LogP contribution in [0.1, 0.15) is 12.5 Å². The van der Waals surface area contributed by atoms with Gasteiger partial charge in [-0.1, -0.05) is 0 Å². The summed E-state index contributed by atoms with van der Waals surface area (Å²) in [6.07, 6.45) is 3.93. The lowest BCUT2D eigenvalue weighted by Gasteiger charge is -2.52. The van der Waals surface area contributed by atoms with Crippen LogP contribution in [0, 0.1) is 0 Å². The molecule has 0 spiro atoms. The molecule has 164 valence electrons. The lowest BCUT2D eigenvalue weighted by molar-refractivity contribution is 0.0557. The maximum atomic E-state index is 11.9. The van der Waals surface area contributed by atoms with Crippen LogP contribution in [0.3, 0.4) is 0 Å². The maximum absolute atomic E-state index is 11.9. The number of fused-ring (bicyclic) bond motifs is 1. The van der Waals surface area contributed by atoms with E-state index in [1.165, 1.54) is 7.11 Å². The van der Waals surface area contributed by atoms with Crippen molar-refractivity contribution in [3.05, 3.63) is 18.0 Å². The van der Waals surface area contributed by atoms with Gasteiger partial charge in [0, 0.05) is 56.2 Å². The lowest BCUT2D eigenvalue weighted by Crippen LogP contribution is -2.69. The van der Waals surface area contributed by atoms with Gasteiger partial charge in [0.1, 0.15) is 5.82 Å². The molecular weight excluding hydrogens is 400 g/mol. The molecule has 2 aromatic heterocycles. The molecule has 5 rings (SSSR count). The molecule has 0 saturated carbocycles. The summed E-state index contributed by atoms with van der Waals surface area (Å²) in [5, 5.41) is 0. The first-order valence-corrected chi connectivity index (χ1v) is 10.4. The molecule has 2 fully saturated rings. The molecule has 0 aliphatic carbocycles. The van der Waals surface area contributed by atoms with Crippen LogP contribution in [0.4, 0.5) is 22.5 Å². The van der Waals surface area contributed by atoms with Gasteiger partial charge >= 0.3 is 6.09 Å². The van der Waals surface area contributed by atoms with E-state index in [0.717, 1.165) is 48.7 Å². The van der Waals surface area contributed by atoms with Crippen LogP contribution >= 0.6 is 0 Å². The minimum Gasteiger partial charge on any atom is -0.453 e. The van der Waals surface area contributed by atoms with E-state index in [1.54, 1.807) is 17.3 Å². The number of ether oxygens (including phenoxy) is 2. The average molecular weight is 426 g/mol. The van der Waals surface area contributed by atoms with Crippen LogP contribution in [0.5, 0.6) is 0 Å². The number of rotatable bonds is 3. The smallest absolute Gasteiger partial charge is 0.409 e. The molecule has 2 aromatic rings. The Labute approximate surface area is 180 Å². The number of nitrogens with zero attached hydrogens (tertiary/aromatic N) is 7. The molecule has 31 heavy (non-hydrogen) atoms. The third-order valence-electron chi connectivity index (χ3n) is 6.20. The third kappa shape index (κ3) is 3.38. The standard InChI is InChI=1S/C20H26N8O3/c1-20(11-27(12-20)19(29)30-2)28-4-3-14-15(13-9-22-17(21)23-10-13)24-18(25-16(14)28)26-5-7-31-8-6-26/h9-10H,3-8,11-12H2,1-2H3,(H2,21,22,23). The molecule has 2 N–H and O–H groups in total. The highest BCUT2D eigenvalue weighted by molar-refractivity contribution is 5.74. The van der Waals surface area contributed by atoms with E-state index in [1.807, 2.05) is 0 Å². The van der Waals surface area contributed by atoms with Gasteiger partial charge in [-0.25, -0.2) is 19.7 Å². The summed E-state index contributed by atoms with van der Waals surface area (Å²) in [6, 6.07) is 0. The molecule has 11 nitrogen and oxygen atoms in total. The number of nitrogens with two attached hydrogens (primary N) is 1. The number of aromatic nitrogens is 4. The topological polar surface area (TPSA) is 123 Å². The van der Waals surface area contributed by atoms with E-state index in [2.05, 4.69) is 26.7 Å². The fourth-order valence-electron chi connectivity index (χ4n) is 4.58. The normalized spacial score (nSPS) is 19.7. The Morgan fingerprint density at radius 1 is 1.16 bits per heavy atom. The van der Waals surface area contributed by atoms with E-state index in [0.29, 0.717) is 32.3 Å². The number of morpholine rings is 1. The Kier molecular flexibility index (Phi) is 4.77. The van der Waals surface area contributed by atoms with Crippen molar-refractivity contribution < 1.29 is 14.3 Å². The summed E-state index contributed by atoms with van der Waals surface area (Å²) in [5.41, 5.74) is 8.21. The fourth-order valence-corrected chi connectivity index (χ4v) is 4.58. The van der Waals surface area contributed by atoms with Crippen molar-refractivity contribution in [2.45, 2.75) is 18.9 Å². The van der Waals surface area contributed by atoms with Gasteiger partial charge < -0.3 is 29.9 Å². The lowest BCUT2D eigenvalue weighted by atomic mass is 9.90. The molecule has 3 aliphatic heterocycles. The predicted molar refractivity (Wildman–Crippen MR) is 114 cm³/mol. The van der Waals surface area contributed by atoms with Crippen molar-refractivity contribution in [2.24, 2.45) is 0 Å². The largest absolute Gasteiger partial charge is 0.453 e. The zero-order valence-electron chi connectivity index (χ0n) is 17.7. The van der Waals surface area contributed by atoms with E-state index < -0.39 is 0 Å². The van der Waals surface area contributed by atoms with Crippen molar-refractivity contribution in [2.75, 3.05) is 68.6 Å². The number of amides is 1. The minimum absolute atomic E-state index is 0.203. The second-order valence-corrected chi connectivity index (χ2v) is 8.33. The average Bonchev–Trinajstić information content (AvgIpc) is 3.21. The van der Waals surface area contributed by atoms with Crippen LogP contribution in [-0.4, -0.2) is 89.5 Å². The van der Waals surface area contributed by atoms with Crippen molar-refractivity contribution in [1.82, 2.24) is 24.8 Å². The quantitative estimate of drug-likeness (QED) is 0.744. The number of anilines is 3. The first kappa shape index (κ1) is 19.7. The van der Waals surface area contributed by atoms with Gasteiger partial charge in [-0.3, -0.25) is 0 Å². The highest BCUT2D eigenvalue weighted by Gasteiger charge is 2.49. The highest BCUT2D eigenvalue weighted by Crippen LogP contribution is 2.41. The van der Waals surface area contributed by atoms with Crippen molar-refractivity contribution in [3.63, 3.8) is 0 Å².